The quantitative estimate of drug-likeness (QED) is 0.673. The number of hydrogen-bond donors (Lipinski definition) is 0. The van der Waals surface area contributed by atoms with Crippen LogP contribution in [0.15, 0.2) is 0 Å². The molecule has 2 aliphatic heterocycles. The first kappa shape index (κ1) is 8.90. The van der Waals surface area contributed by atoms with Crippen LogP contribution in [-0.4, -0.2) is 17.5 Å². The van der Waals surface area contributed by atoms with Gasteiger partial charge in [0.25, 0.3) is 0 Å². The van der Waals surface area contributed by atoms with Crippen molar-refractivity contribution in [3.63, 3.8) is 0 Å². The van der Waals surface area contributed by atoms with Crippen molar-refractivity contribution in [2.45, 2.75) is 51.2 Å². The van der Waals surface area contributed by atoms with Crippen molar-refractivity contribution in [1.82, 2.24) is 0 Å². The molecule has 14 heavy (non-hydrogen) atoms. The van der Waals surface area contributed by atoms with Gasteiger partial charge in [-0.05, 0) is 50.9 Å². The van der Waals surface area contributed by atoms with E-state index in [1.165, 1.54) is 19.3 Å². The molecule has 2 heterocycles. The van der Waals surface area contributed by atoms with Crippen LogP contribution in [0, 0.1) is 17.8 Å². The van der Waals surface area contributed by atoms with Crippen molar-refractivity contribution in [3.05, 3.63) is 0 Å². The molecule has 0 spiro atoms. The second-order valence-electron chi connectivity index (χ2n) is 5.67. The minimum absolute atomic E-state index is 0.183. The molecule has 78 valence electrons. The van der Waals surface area contributed by atoms with Gasteiger partial charge in [0.15, 0.2) is 0 Å². The van der Waals surface area contributed by atoms with Crippen LogP contribution in [-0.2, 0) is 9.53 Å². The van der Waals surface area contributed by atoms with Gasteiger partial charge in [-0.3, -0.25) is 0 Å². The molecule has 2 nitrogen and oxygen atoms in total. The number of carbonyl (C=O) groups excluding carboxylic acids is 1. The zero-order valence-electron chi connectivity index (χ0n) is 8.95. The summed E-state index contributed by atoms with van der Waals surface area (Å²) in [4.78, 5) is 11.2. The fourth-order valence-electron chi connectivity index (χ4n) is 4.07. The molecule has 4 rings (SSSR count). The molecule has 0 aromatic heterocycles. The van der Waals surface area contributed by atoms with Crippen LogP contribution in [0.1, 0.15) is 39.5 Å². The zero-order valence-corrected chi connectivity index (χ0v) is 8.95. The van der Waals surface area contributed by atoms with Crippen LogP contribution in [0.3, 0.4) is 0 Å². The third kappa shape index (κ3) is 1.04. The highest BCUT2D eigenvalue weighted by Gasteiger charge is 2.60. The molecular formula is C12H18O2. The molecule has 5 atom stereocenters. The molecule has 0 radical (unpaired) electrons. The van der Waals surface area contributed by atoms with Gasteiger partial charge in [0.1, 0.15) is 5.78 Å². The summed E-state index contributed by atoms with van der Waals surface area (Å²) in [7, 11) is 0. The van der Waals surface area contributed by atoms with Crippen molar-refractivity contribution in [1.29, 1.82) is 0 Å². The van der Waals surface area contributed by atoms with E-state index in [2.05, 4.69) is 6.92 Å². The average Bonchev–Trinajstić information content (AvgIpc) is 2.44. The lowest BCUT2D eigenvalue weighted by atomic mass is 9.76. The lowest BCUT2D eigenvalue weighted by Gasteiger charge is -2.37. The largest absolute Gasteiger partial charge is 0.371 e. The van der Waals surface area contributed by atoms with Gasteiger partial charge in [-0.1, -0.05) is 0 Å². The summed E-state index contributed by atoms with van der Waals surface area (Å²) < 4.78 is 6.10. The Bertz CT molecular complexity index is 268. The molecule has 0 unspecified atom stereocenters. The van der Waals surface area contributed by atoms with Crippen molar-refractivity contribution >= 4 is 5.78 Å². The number of carbonyl (C=O) groups is 1. The number of ether oxygens (including phenoxy) is 1. The van der Waals surface area contributed by atoms with Gasteiger partial charge in [0, 0.05) is 6.42 Å². The number of hydrogen-bond acceptors (Lipinski definition) is 2. The Morgan fingerprint density at radius 3 is 2.86 bits per heavy atom. The van der Waals surface area contributed by atoms with Crippen LogP contribution in [0.4, 0.5) is 0 Å². The normalized spacial score (nSPS) is 54.1. The van der Waals surface area contributed by atoms with Crippen molar-refractivity contribution in [2.75, 3.05) is 0 Å². The van der Waals surface area contributed by atoms with Crippen LogP contribution >= 0.6 is 0 Å². The molecule has 4 bridgehead atoms. The van der Waals surface area contributed by atoms with E-state index in [1.807, 2.05) is 0 Å². The Hall–Kier alpha value is -0.370. The van der Waals surface area contributed by atoms with Gasteiger partial charge in [-0.2, -0.15) is 0 Å². The maximum absolute atomic E-state index is 11.2. The number of Topliss-reactive ketones (excluding diaryl/α,β-unsaturated/α-hetero) is 1. The lowest BCUT2D eigenvalue weighted by Crippen LogP contribution is -2.38. The summed E-state index contributed by atoms with van der Waals surface area (Å²) in [6.45, 7) is 3.97. The Balaban J connectivity index is 1.82. The fourth-order valence-corrected chi connectivity index (χ4v) is 4.07. The van der Waals surface area contributed by atoms with Crippen molar-refractivity contribution in [3.8, 4) is 0 Å². The summed E-state index contributed by atoms with van der Waals surface area (Å²) in [5, 5.41) is 0. The molecule has 0 amide bonds. The smallest absolute Gasteiger partial charge is 0.130 e. The van der Waals surface area contributed by atoms with Gasteiger partial charge in [-0.25, -0.2) is 0 Å². The first-order valence-corrected chi connectivity index (χ1v) is 5.76. The van der Waals surface area contributed by atoms with Gasteiger partial charge in [0.2, 0.25) is 0 Å². The highest BCUT2D eigenvalue weighted by atomic mass is 16.5. The Morgan fingerprint density at radius 1 is 1.50 bits per heavy atom. The molecule has 0 aromatic carbocycles. The standard InChI is InChI=1S/C12H18O2/c1-7(13)3-10-8-4-9-5-11(10)14-12(9,2)6-8/h8-11H,3-6H2,1-2H3/t8-,9-,10-,11-,12-/m0/s1. The number of rotatable bonds is 2. The Kier molecular flexibility index (Phi) is 1.65. The molecule has 2 saturated carbocycles. The summed E-state index contributed by atoms with van der Waals surface area (Å²) in [6, 6.07) is 0. The number of ketones is 1. The van der Waals surface area contributed by atoms with E-state index in [-0.39, 0.29) is 5.60 Å². The monoisotopic (exact) mass is 194 g/mol. The Morgan fingerprint density at radius 2 is 2.29 bits per heavy atom. The Labute approximate surface area is 85.0 Å². The third-order valence-electron chi connectivity index (χ3n) is 4.66. The first-order valence-electron chi connectivity index (χ1n) is 5.76. The van der Waals surface area contributed by atoms with Crippen molar-refractivity contribution in [2.24, 2.45) is 17.8 Å². The van der Waals surface area contributed by atoms with Crippen LogP contribution in [0.25, 0.3) is 0 Å². The highest BCUT2D eigenvalue weighted by Crippen LogP contribution is 2.60. The van der Waals surface area contributed by atoms with E-state index in [9.17, 15) is 4.79 Å². The van der Waals surface area contributed by atoms with Crippen LogP contribution in [0.2, 0.25) is 0 Å². The molecule has 4 aliphatic rings. The van der Waals surface area contributed by atoms with Gasteiger partial charge in [0.05, 0.1) is 11.7 Å². The minimum atomic E-state index is 0.183. The second kappa shape index (κ2) is 2.60. The molecule has 2 saturated heterocycles. The summed E-state index contributed by atoms with van der Waals surface area (Å²) in [6.07, 6.45) is 4.88. The topological polar surface area (TPSA) is 26.3 Å². The van der Waals surface area contributed by atoms with E-state index < -0.39 is 0 Å². The molecule has 0 aromatic rings. The van der Waals surface area contributed by atoms with E-state index in [4.69, 9.17) is 4.74 Å². The molecule has 4 fully saturated rings. The first-order chi connectivity index (χ1) is 6.58. The van der Waals surface area contributed by atoms with Gasteiger partial charge >= 0.3 is 0 Å². The van der Waals surface area contributed by atoms with Gasteiger partial charge in [-0.15, -0.1) is 0 Å². The molecule has 2 heteroatoms. The van der Waals surface area contributed by atoms with E-state index in [1.54, 1.807) is 6.92 Å². The maximum atomic E-state index is 11.2. The summed E-state index contributed by atoms with van der Waals surface area (Å²) in [5.41, 5.74) is 0.183. The minimum Gasteiger partial charge on any atom is -0.371 e. The lowest BCUT2D eigenvalue weighted by molar-refractivity contribution is -0.127. The fraction of sp³-hybridized carbons (Fsp3) is 0.917. The maximum Gasteiger partial charge on any atom is 0.130 e. The predicted molar refractivity (Wildman–Crippen MR) is 52.9 cm³/mol. The van der Waals surface area contributed by atoms with E-state index in [0.29, 0.717) is 17.8 Å². The molecular weight excluding hydrogens is 176 g/mol. The SMILES string of the molecule is CC(=O)C[C@H]1[C@H]2C[C@H]3C[C@@H]1O[C@@]3(C)C2. The molecule has 0 N–H and O–H groups in total. The van der Waals surface area contributed by atoms with Crippen LogP contribution in [0.5, 0.6) is 0 Å². The highest BCUT2D eigenvalue weighted by molar-refractivity contribution is 5.75. The van der Waals surface area contributed by atoms with Crippen LogP contribution < -0.4 is 0 Å². The van der Waals surface area contributed by atoms with E-state index in [0.717, 1.165) is 18.3 Å². The summed E-state index contributed by atoms with van der Waals surface area (Å²) >= 11 is 0. The third-order valence-corrected chi connectivity index (χ3v) is 4.66. The summed E-state index contributed by atoms with van der Waals surface area (Å²) in [5.74, 6) is 2.44. The average molecular weight is 194 g/mol. The van der Waals surface area contributed by atoms with Crippen molar-refractivity contribution < 1.29 is 9.53 Å². The zero-order chi connectivity index (χ0) is 9.92. The predicted octanol–water partition coefficient (Wildman–Crippen LogP) is 2.17. The second-order valence-corrected chi connectivity index (χ2v) is 5.67. The molecule has 2 aliphatic carbocycles. The van der Waals surface area contributed by atoms with E-state index >= 15 is 0 Å². The van der Waals surface area contributed by atoms with Gasteiger partial charge < -0.3 is 9.53 Å².